The molecule has 0 bridgehead atoms. The molecule has 1 aromatic heterocycles. The summed E-state index contributed by atoms with van der Waals surface area (Å²) in [5.74, 6) is 0.982. The highest BCUT2D eigenvalue weighted by Gasteiger charge is 2.26. The van der Waals surface area contributed by atoms with Gasteiger partial charge in [0.1, 0.15) is 5.75 Å². The van der Waals surface area contributed by atoms with E-state index in [0.717, 1.165) is 27.6 Å². The first-order valence-corrected chi connectivity index (χ1v) is 12.7. The van der Waals surface area contributed by atoms with E-state index in [1.807, 2.05) is 53.1 Å². The zero-order chi connectivity index (χ0) is 22.0. The van der Waals surface area contributed by atoms with Crippen LogP contribution in [0.15, 0.2) is 53.7 Å². The highest BCUT2D eigenvalue weighted by molar-refractivity contribution is 7.99. The zero-order valence-corrected chi connectivity index (χ0v) is 19.0. The number of rotatable bonds is 6. The van der Waals surface area contributed by atoms with Gasteiger partial charge in [-0.15, -0.1) is 0 Å². The summed E-state index contributed by atoms with van der Waals surface area (Å²) in [6.07, 6.45) is 1.20. The summed E-state index contributed by atoms with van der Waals surface area (Å²) in [6.45, 7) is 1.47. The Morgan fingerprint density at radius 3 is 2.39 bits per heavy atom. The molecule has 0 atom stereocenters. The quantitative estimate of drug-likeness (QED) is 0.525. The molecule has 0 saturated carbocycles. The lowest BCUT2D eigenvalue weighted by molar-refractivity contribution is -0.129. The van der Waals surface area contributed by atoms with Gasteiger partial charge in [-0.3, -0.25) is 9.36 Å². The van der Waals surface area contributed by atoms with Crippen LogP contribution in [0.25, 0.3) is 16.7 Å². The second kappa shape index (κ2) is 8.89. The molecule has 164 valence electrons. The van der Waals surface area contributed by atoms with Crippen molar-refractivity contribution in [1.29, 1.82) is 0 Å². The van der Waals surface area contributed by atoms with Crippen LogP contribution in [-0.2, 0) is 14.8 Å². The van der Waals surface area contributed by atoms with Crippen LogP contribution in [-0.4, -0.2) is 78.4 Å². The molecule has 0 N–H and O–H groups in total. The molecule has 0 unspecified atom stereocenters. The van der Waals surface area contributed by atoms with E-state index in [4.69, 9.17) is 9.72 Å². The van der Waals surface area contributed by atoms with Crippen molar-refractivity contribution in [3.63, 3.8) is 0 Å². The largest absolute Gasteiger partial charge is 0.497 e. The molecular weight excluding hydrogens is 436 g/mol. The van der Waals surface area contributed by atoms with E-state index in [0.29, 0.717) is 26.2 Å². The Morgan fingerprint density at radius 1 is 1.06 bits per heavy atom. The average molecular weight is 461 g/mol. The second-order valence-corrected chi connectivity index (χ2v) is 10.2. The van der Waals surface area contributed by atoms with Crippen LogP contribution < -0.4 is 4.74 Å². The van der Waals surface area contributed by atoms with Crippen LogP contribution >= 0.6 is 11.8 Å². The van der Waals surface area contributed by atoms with Gasteiger partial charge in [-0.2, -0.15) is 4.31 Å². The molecule has 0 aliphatic carbocycles. The summed E-state index contributed by atoms with van der Waals surface area (Å²) in [5, 5.41) is 0.731. The van der Waals surface area contributed by atoms with Crippen molar-refractivity contribution in [2.45, 2.75) is 5.16 Å². The molecule has 10 heteroatoms. The van der Waals surface area contributed by atoms with E-state index >= 15 is 0 Å². The predicted octanol–water partition coefficient (Wildman–Crippen LogP) is 2.23. The van der Waals surface area contributed by atoms with Crippen molar-refractivity contribution in [2.75, 3.05) is 45.3 Å². The van der Waals surface area contributed by atoms with E-state index in [-0.39, 0.29) is 11.7 Å². The molecule has 0 radical (unpaired) electrons. The average Bonchev–Trinajstić information content (AvgIpc) is 3.15. The number of aromatic nitrogens is 2. The number of amides is 1. The first kappa shape index (κ1) is 21.7. The van der Waals surface area contributed by atoms with Crippen molar-refractivity contribution < 1.29 is 17.9 Å². The summed E-state index contributed by atoms with van der Waals surface area (Å²) >= 11 is 1.38. The summed E-state index contributed by atoms with van der Waals surface area (Å²) in [4.78, 5) is 19.2. The Morgan fingerprint density at radius 2 is 1.74 bits per heavy atom. The third-order valence-corrected chi connectivity index (χ3v) is 7.47. The van der Waals surface area contributed by atoms with Crippen LogP contribution in [0.2, 0.25) is 0 Å². The maximum atomic E-state index is 12.8. The number of nitrogens with zero attached hydrogens (tertiary/aromatic N) is 4. The van der Waals surface area contributed by atoms with Crippen molar-refractivity contribution in [3.05, 3.63) is 48.5 Å². The van der Waals surface area contributed by atoms with Crippen LogP contribution in [0.3, 0.4) is 0 Å². The lowest BCUT2D eigenvalue weighted by Crippen LogP contribution is -2.50. The number of fused-ring (bicyclic) bond motifs is 1. The van der Waals surface area contributed by atoms with Gasteiger partial charge in [-0.05, 0) is 36.4 Å². The zero-order valence-electron chi connectivity index (χ0n) is 17.4. The summed E-state index contributed by atoms with van der Waals surface area (Å²) in [7, 11) is -1.59. The number of piperazine rings is 1. The molecule has 2 aromatic carbocycles. The maximum Gasteiger partial charge on any atom is 0.233 e. The standard InChI is InChI=1S/C21H24N4O4S2/c1-29-17-9-7-16(8-10-17)25-19-6-4-3-5-18(19)22-21(25)30-15-20(26)23-11-13-24(14-12-23)31(2,27)28/h3-10H,11-15H2,1-2H3. The number of benzene rings is 2. The van der Waals surface area contributed by atoms with E-state index in [1.165, 1.54) is 22.3 Å². The number of carbonyl (C=O) groups is 1. The van der Waals surface area contributed by atoms with Gasteiger partial charge >= 0.3 is 0 Å². The lowest BCUT2D eigenvalue weighted by atomic mass is 10.2. The van der Waals surface area contributed by atoms with Crippen molar-refractivity contribution >= 4 is 38.7 Å². The van der Waals surface area contributed by atoms with E-state index in [2.05, 4.69) is 0 Å². The van der Waals surface area contributed by atoms with E-state index in [1.54, 1.807) is 12.0 Å². The number of ether oxygens (including phenoxy) is 1. The molecule has 1 saturated heterocycles. The molecule has 8 nitrogen and oxygen atoms in total. The fourth-order valence-corrected chi connectivity index (χ4v) is 5.33. The van der Waals surface area contributed by atoms with Gasteiger partial charge in [0.25, 0.3) is 0 Å². The highest BCUT2D eigenvalue weighted by Crippen LogP contribution is 2.29. The number of methoxy groups -OCH3 is 1. The van der Waals surface area contributed by atoms with Crippen LogP contribution in [0, 0.1) is 0 Å². The first-order chi connectivity index (χ1) is 14.9. The van der Waals surface area contributed by atoms with Crippen LogP contribution in [0.4, 0.5) is 0 Å². The Bertz CT molecular complexity index is 1180. The fraction of sp³-hybridized carbons (Fsp3) is 0.333. The molecule has 1 aliphatic heterocycles. The summed E-state index contributed by atoms with van der Waals surface area (Å²) in [6, 6.07) is 15.6. The minimum absolute atomic E-state index is 0.0218. The van der Waals surface area contributed by atoms with Gasteiger partial charge < -0.3 is 9.64 Å². The number of hydrogen-bond donors (Lipinski definition) is 0. The van der Waals surface area contributed by atoms with E-state index in [9.17, 15) is 13.2 Å². The molecule has 2 heterocycles. The summed E-state index contributed by atoms with van der Waals surface area (Å²) in [5.41, 5.74) is 2.76. The molecule has 1 aliphatic rings. The van der Waals surface area contributed by atoms with E-state index < -0.39 is 10.0 Å². The van der Waals surface area contributed by atoms with Gasteiger partial charge in [0.05, 0.1) is 30.2 Å². The van der Waals surface area contributed by atoms with Gasteiger partial charge in [0.15, 0.2) is 5.16 Å². The Labute approximate surface area is 185 Å². The second-order valence-electron chi connectivity index (χ2n) is 7.25. The smallest absolute Gasteiger partial charge is 0.233 e. The third kappa shape index (κ3) is 4.70. The monoisotopic (exact) mass is 460 g/mol. The Balaban J connectivity index is 1.51. The van der Waals surface area contributed by atoms with Gasteiger partial charge in [0, 0.05) is 31.9 Å². The SMILES string of the molecule is COc1ccc(-n2c(SCC(=O)N3CCN(S(C)(=O)=O)CC3)nc3ccccc32)cc1. The molecule has 1 fully saturated rings. The Kier molecular flexibility index (Phi) is 6.22. The molecule has 4 rings (SSSR count). The minimum Gasteiger partial charge on any atom is -0.497 e. The number of para-hydroxylation sites is 2. The molecule has 1 amide bonds. The molecule has 3 aromatic rings. The van der Waals surface area contributed by atoms with Crippen LogP contribution in [0.5, 0.6) is 5.75 Å². The minimum atomic E-state index is -3.22. The first-order valence-electron chi connectivity index (χ1n) is 9.84. The molecular formula is C21H24N4O4S2. The molecule has 31 heavy (non-hydrogen) atoms. The third-order valence-electron chi connectivity index (χ3n) is 5.25. The fourth-order valence-electron chi connectivity index (χ4n) is 3.57. The van der Waals surface area contributed by atoms with Gasteiger partial charge in [0.2, 0.25) is 15.9 Å². The topological polar surface area (TPSA) is 84.7 Å². The number of hydrogen-bond acceptors (Lipinski definition) is 6. The predicted molar refractivity (Wildman–Crippen MR) is 121 cm³/mol. The van der Waals surface area contributed by atoms with Crippen molar-refractivity contribution in [1.82, 2.24) is 18.8 Å². The Hall–Kier alpha value is -2.56. The number of carbonyl (C=O) groups excluding carboxylic acids is 1. The van der Waals surface area contributed by atoms with Gasteiger partial charge in [-0.1, -0.05) is 23.9 Å². The number of imidazole rings is 1. The highest BCUT2D eigenvalue weighted by atomic mass is 32.2. The van der Waals surface area contributed by atoms with Crippen LogP contribution in [0.1, 0.15) is 0 Å². The van der Waals surface area contributed by atoms with Gasteiger partial charge in [-0.25, -0.2) is 13.4 Å². The van der Waals surface area contributed by atoms with Crippen molar-refractivity contribution in [2.24, 2.45) is 0 Å². The number of thioether (sulfide) groups is 1. The molecule has 0 spiro atoms. The number of sulfonamides is 1. The normalized spacial score (nSPS) is 15.4. The summed E-state index contributed by atoms with van der Waals surface area (Å²) < 4.78 is 32.0. The lowest BCUT2D eigenvalue weighted by Gasteiger charge is -2.33. The van der Waals surface area contributed by atoms with Crippen molar-refractivity contribution in [3.8, 4) is 11.4 Å². The maximum absolute atomic E-state index is 12.8.